The van der Waals surface area contributed by atoms with E-state index in [9.17, 15) is 9.59 Å². The van der Waals surface area contributed by atoms with E-state index in [4.69, 9.17) is 10.8 Å². The molecular formula is C6H11NO4. The van der Waals surface area contributed by atoms with E-state index in [0.29, 0.717) is 0 Å². The van der Waals surface area contributed by atoms with Crippen LogP contribution < -0.4 is 5.73 Å². The quantitative estimate of drug-likeness (QED) is 0.508. The third-order valence-corrected chi connectivity index (χ3v) is 1.01. The molecule has 64 valence electrons. The highest BCUT2D eigenvalue weighted by Gasteiger charge is 2.23. The number of aliphatic hydroxyl groups is 1. The van der Waals surface area contributed by atoms with Gasteiger partial charge in [-0.2, -0.15) is 0 Å². The Bertz CT molecular complexity index is 166. The summed E-state index contributed by atoms with van der Waals surface area (Å²) in [5, 5.41) is 8.85. The highest BCUT2D eigenvalue weighted by molar-refractivity contribution is 5.82. The smallest absolute Gasteiger partial charge is 0.303 e. The fourth-order valence-electron chi connectivity index (χ4n) is 0.573. The molecule has 2 unspecified atom stereocenters. The Kier molecular flexibility index (Phi) is 3.53. The largest absolute Gasteiger partial charge is 0.450 e. The van der Waals surface area contributed by atoms with E-state index in [1.54, 1.807) is 0 Å². The first kappa shape index (κ1) is 9.90. The lowest BCUT2D eigenvalue weighted by Gasteiger charge is -2.15. The maximum absolute atomic E-state index is 10.5. The van der Waals surface area contributed by atoms with Crippen LogP contribution in [0.4, 0.5) is 0 Å². The van der Waals surface area contributed by atoms with E-state index in [1.165, 1.54) is 6.92 Å². The zero-order valence-electron chi connectivity index (χ0n) is 6.40. The SMILES string of the molecule is CC(=O)OC(C(N)=O)C(C)O. The normalized spacial score (nSPS) is 15.2. The van der Waals surface area contributed by atoms with Gasteiger partial charge >= 0.3 is 5.97 Å². The monoisotopic (exact) mass is 161 g/mol. The highest BCUT2D eigenvalue weighted by atomic mass is 16.6. The number of esters is 1. The van der Waals surface area contributed by atoms with Crippen molar-refractivity contribution in [3.05, 3.63) is 0 Å². The molecule has 0 rings (SSSR count). The van der Waals surface area contributed by atoms with Gasteiger partial charge in [-0.1, -0.05) is 0 Å². The summed E-state index contributed by atoms with van der Waals surface area (Å²) in [7, 11) is 0. The third-order valence-electron chi connectivity index (χ3n) is 1.01. The zero-order valence-corrected chi connectivity index (χ0v) is 6.40. The van der Waals surface area contributed by atoms with Crippen molar-refractivity contribution in [2.75, 3.05) is 0 Å². The van der Waals surface area contributed by atoms with Crippen LogP contribution in [0.3, 0.4) is 0 Å². The molecule has 0 saturated carbocycles. The van der Waals surface area contributed by atoms with E-state index in [1.807, 2.05) is 0 Å². The lowest BCUT2D eigenvalue weighted by Crippen LogP contribution is -2.40. The van der Waals surface area contributed by atoms with E-state index < -0.39 is 24.1 Å². The number of ether oxygens (including phenoxy) is 1. The van der Waals surface area contributed by atoms with Gasteiger partial charge < -0.3 is 15.6 Å². The van der Waals surface area contributed by atoms with E-state index in [-0.39, 0.29) is 0 Å². The molecule has 0 spiro atoms. The summed E-state index contributed by atoms with van der Waals surface area (Å²) in [6, 6.07) is 0. The van der Waals surface area contributed by atoms with Crippen LogP contribution in [0, 0.1) is 0 Å². The van der Waals surface area contributed by atoms with Gasteiger partial charge in [0.15, 0.2) is 0 Å². The number of hydrogen-bond donors (Lipinski definition) is 2. The first-order valence-corrected chi connectivity index (χ1v) is 3.09. The predicted octanol–water partition coefficient (Wildman–Crippen LogP) is -1.22. The molecule has 0 aromatic carbocycles. The van der Waals surface area contributed by atoms with Gasteiger partial charge in [0.2, 0.25) is 6.10 Å². The molecule has 0 aliphatic rings. The summed E-state index contributed by atoms with van der Waals surface area (Å²) in [5.41, 5.74) is 4.81. The van der Waals surface area contributed by atoms with Crippen LogP contribution in [0.2, 0.25) is 0 Å². The van der Waals surface area contributed by atoms with E-state index in [2.05, 4.69) is 4.74 Å². The van der Waals surface area contributed by atoms with Gasteiger partial charge in [0.25, 0.3) is 5.91 Å². The predicted molar refractivity (Wildman–Crippen MR) is 36.4 cm³/mol. The molecule has 0 radical (unpaired) electrons. The minimum Gasteiger partial charge on any atom is -0.450 e. The number of carbonyl (C=O) groups excluding carboxylic acids is 2. The molecule has 0 aliphatic carbocycles. The van der Waals surface area contributed by atoms with Gasteiger partial charge in [0.05, 0.1) is 6.10 Å². The fraction of sp³-hybridized carbons (Fsp3) is 0.667. The number of amides is 1. The summed E-state index contributed by atoms with van der Waals surface area (Å²) in [6.45, 7) is 2.46. The number of aliphatic hydroxyl groups excluding tert-OH is 1. The maximum atomic E-state index is 10.5. The average Bonchev–Trinajstić information content (AvgIpc) is 1.81. The van der Waals surface area contributed by atoms with Gasteiger partial charge in [0, 0.05) is 6.92 Å². The van der Waals surface area contributed by atoms with Crippen LogP contribution in [0.15, 0.2) is 0 Å². The zero-order chi connectivity index (χ0) is 9.02. The Morgan fingerprint density at radius 2 is 2.00 bits per heavy atom. The molecule has 3 N–H and O–H groups in total. The molecule has 0 saturated heterocycles. The molecule has 0 bridgehead atoms. The highest BCUT2D eigenvalue weighted by Crippen LogP contribution is 1.98. The fourth-order valence-corrected chi connectivity index (χ4v) is 0.573. The second kappa shape index (κ2) is 3.92. The Hall–Kier alpha value is -1.10. The molecule has 11 heavy (non-hydrogen) atoms. The molecule has 5 heteroatoms. The minimum atomic E-state index is -1.24. The molecule has 0 aromatic rings. The van der Waals surface area contributed by atoms with Crippen molar-refractivity contribution in [1.29, 1.82) is 0 Å². The minimum absolute atomic E-state index is 0.644. The van der Waals surface area contributed by atoms with Crippen molar-refractivity contribution in [2.45, 2.75) is 26.1 Å². The Morgan fingerprint density at radius 1 is 1.55 bits per heavy atom. The van der Waals surface area contributed by atoms with Gasteiger partial charge in [-0.15, -0.1) is 0 Å². The van der Waals surface area contributed by atoms with Crippen molar-refractivity contribution in [3.8, 4) is 0 Å². The van der Waals surface area contributed by atoms with Crippen molar-refractivity contribution >= 4 is 11.9 Å². The Balaban J connectivity index is 4.12. The van der Waals surface area contributed by atoms with Crippen molar-refractivity contribution < 1.29 is 19.4 Å². The molecule has 1 amide bonds. The molecule has 5 nitrogen and oxygen atoms in total. The average molecular weight is 161 g/mol. The number of primary amides is 1. The molecule has 0 fully saturated rings. The van der Waals surface area contributed by atoms with Crippen LogP contribution in [-0.2, 0) is 14.3 Å². The lowest BCUT2D eigenvalue weighted by atomic mass is 10.2. The van der Waals surface area contributed by atoms with E-state index in [0.717, 1.165) is 6.92 Å². The first-order chi connectivity index (χ1) is 4.95. The van der Waals surface area contributed by atoms with Crippen molar-refractivity contribution in [2.24, 2.45) is 5.73 Å². The molecule has 0 aliphatic heterocycles. The number of rotatable bonds is 3. The summed E-state index contributed by atoms with van der Waals surface area (Å²) in [4.78, 5) is 20.8. The van der Waals surface area contributed by atoms with Gasteiger partial charge in [-0.3, -0.25) is 9.59 Å². The number of hydrogen-bond acceptors (Lipinski definition) is 4. The summed E-state index contributed by atoms with van der Waals surface area (Å²) >= 11 is 0. The van der Waals surface area contributed by atoms with E-state index >= 15 is 0 Å². The second-order valence-corrected chi connectivity index (χ2v) is 2.17. The van der Waals surface area contributed by atoms with Crippen LogP contribution >= 0.6 is 0 Å². The summed E-state index contributed by atoms with van der Waals surface area (Å²) < 4.78 is 4.41. The van der Waals surface area contributed by atoms with Crippen molar-refractivity contribution in [3.63, 3.8) is 0 Å². The van der Waals surface area contributed by atoms with Crippen LogP contribution in [0.5, 0.6) is 0 Å². The number of nitrogens with two attached hydrogens (primary N) is 1. The second-order valence-electron chi connectivity index (χ2n) is 2.17. The lowest BCUT2D eigenvalue weighted by molar-refractivity contribution is -0.158. The molecule has 2 atom stereocenters. The maximum Gasteiger partial charge on any atom is 0.303 e. The standard InChI is InChI=1S/C6H11NO4/c1-3(8)5(6(7)10)11-4(2)9/h3,5,8H,1-2H3,(H2,7,10). The van der Waals surface area contributed by atoms with Crippen LogP contribution in [0.25, 0.3) is 0 Å². The summed E-state index contributed by atoms with van der Waals surface area (Å²) in [5.74, 6) is -1.50. The Labute approximate surface area is 64.1 Å². The van der Waals surface area contributed by atoms with Gasteiger partial charge in [-0.25, -0.2) is 0 Å². The molecular weight excluding hydrogens is 150 g/mol. The van der Waals surface area contributed by atoms with Gasteiger partial charge in [-0.05, 0) is 6.92 Å². The van der Waals surface area contributed by atoms with Crippen LogP contribution in [0.1, 0.15) is 13.8 Å². The van der Waals surface area contributed by atoms with Crippen molar-refractivity contribution in [1.82, 2.24) is 0 Å². The number of carbonyl (C=O) groups is 2. The third kappa shape index (κ3) is 3.57. The van der Waals surface area contributed by atoms with Crippen LogP contribution in [-0.4, -0.2) is 29.2 Å². The topological polar surface area (TPSA) is 89.6 Å². The summed E-state index contributed by atoms with van der Waals surface area (Å²) in [6.07, 6.45) is -2.32. The first-order valence-electron chi connectivity index (χ1n) is 3.09. The Morgan fingerprint density at radius 3 is 2.09 bits per heavy atom. The molecule has 0 aromatic heterocycles. The van der Waals surface area contributed by atoms with Gasteiger partial charge in [0.1, 0.15) is 0 Å². The molecule has 0 heterocycles.